The van der Waals surface area contributed by atoms with Gasteiger partial charge in [-0.15, -0.1) is 0 Å². The van der Waals surface area contributed by atoms with Crippen molar-refractivity contribution in [2.45, 2.75) is 12.8 Å². The normalized spacial score (nSPS) is 22.9. The second-order valence-corrected chi connectivity index (χ2v) is 4.43. The first-order valence-corrected chi connectivity index (χ1v) is 5.54. The monoisotopic (exact) mass is 209 g/mol. The Morgan fingerprint density at radius 3 is 3.07 bits per heavy atom. The predicted molar refractivity (Wildman–Crippen MR) is 58.9 cm³/mol. The molecule has 1 fully saturated rings. The van der Waals surface area contributed by atoms with Crippen LogP contribution >= 0.6 is 0 Å². The molecule has 0 spiro atoms. The van der Waals surface area contributed by atoms with E-state index in [0.717, 1.165) is 18.9 Å². The van der Waals surface area contributed by atoms with E-state index in [4.69, 9.17) is 4.74 Å². The number of piperidine rings is 1. The van der Waals surface area contributed by atoms with Crippen LogP contribution in [0.3, 0.4) is 0 Å². The van der Waals surface area contributed by atoms with Gasteiger partial charge in [0.1, 0.15) is 0 Å². The maximum Gasteiger partial charge on any atom is 0.157 e. The Balaban J connectivity index is 1.77. The highest BCUT2D eigenvalue weighted by molar-refractivity contribution is 5.11. The Hall–Kier alpha value is -1.03. The van der Waals surface area contributed by atoms with E-state index in [0.29, 0.717) is 5.92 Å². The largest absolute Gasteiger partial charge is 0.490 e. The molecule has 0 aromatic carbocycles. The zero-order valence-corrected chi connectivity index (χ0v) is 9.52. The molecule has 84 valence electrons. The molecule has 4 nitrogen and oxygen atoms in total. The van der Waals surface area contributed by atoms with E-state index < -0.39 is 0 Å². The molecular formula is C11H19N3O. The van der Waals surface area contributed by atoms with Gasteiger partial charge >= 0.3 is 0 Å². The van der Waals surface area contributed by atoms with Gasteiger partial charge in [-0.05, 0) is 26.4 Å². The Bertz CT molecular complexity index is 311. The second-order valence-electron chi connectivity index (χ2n) is 4.43. The molecule has 0 saturated carbocycles. The summed E-state index contributed by atoms with van der Waals surface area (Å²) in [6.45, 7) is 3.19. The zero-order chi connectivity index (χ0) is 10.7. The van der Waals surface area contributed by atoms with Gasteiger partial charge in [0.2, 0.25) is 0 Å². The maximum atomic E-state index is 5.70. The summed E-state index contributed by atoms with van der Waals surface area (Å²) >= 11 is 0. The fourth-order valence-corrected chi connectivity index (χ4v) is 2.10. The maximum absolute atomic E-state index is 5.70. The zero-order valence-electron chi connectivity index (χ0n) is 9.52. The summed E-state index contributed by atoms with van der Waals surface area (Å²) < 4.78 is 7.47. The number of aromatic nitrogens is 2. The lowest BCUT2D eigenvalue weighted by Crippen LogP contribution is -2.34. The molecule has 4 heteroatoms. The molecule has 1 aromatic heterocycles. The summed E-state index contributed by atoms with van der Waals surface area (Å²) in [5.74, 6) is 1.55. The molecule has 1 aromatic rings. The van der Waals surface area contributed by atoms with Crippen LogP contribution in [0.15, 0.2) is 12.4 Å². The first-order valence-electron chi connectivity index (χ1n) is 5.54. The molecule has 0 bridgehead atoms. The lowest BCUT2D eigenvalue weighted by Gasteiger charge is -2.29. The number of ether oxygens (including phenoxy) is 1. The van der Waals surface area contributed by atoms with Gasteiger partial charge in [0.05, 0.1) is 19.0 Å². The van der Waals surface area contributed by atoms with Crippen molar-refractivity contribution in [1.29, 1.82) is 0 Å². The molecule has 1 unspecified atom stereocenters. The third-order valence-electron chi connectivity index (χ3n) is 2.89. The van der Waals surface area contributed by atoms with E-state index in [1.807, 2.05) is 13.2 Å². The lowest BCUT2D eigenvalue weighted by atomic mass is 10.00. The van der Waals surface area contributed by atoms with Crippen LogP contribution in [0.1, 0.15) is 12.8 Å². The fourth-order valence-electron chi connectivity index (χ4n) is 2.10. The van der Waals surface area contributed by atoms with Gasteiger partial charge < -0.3 is 9.64 Å². The predicted octanol–water partition coefficient (Wildman–Crippen LogP) is 1.14. The van der Waals surface area contributed by atoms with Crippen molar-refractivity contribution in [3.8, 4) is 5.75 Å². The topological polar surface area (TPSA) is 30.3 Å². The van der Waals surface area contributed by atoms with Crippen LogP contribution in [0.5, 0.6) is 5.75 Å². The van der Waals surface area contributed by atoms with E-state index in [9.17, 15) is 0 Å². The minimum absolute atomic E-state index is 0.670. The van der Waals surface area contributed by atoms with E-state index in [1.165, 1.54) is 19.4 Å². The minimum atomic E-state index is 0.670. The molecule has 0 amide bonds. The first-order chi connectivity index (χ1) is 7.24. The van der Waals surface area contributed by atoms with Crippen molar-refractivity contribution in [2.75, 3.05) is 26.7 Å². The van der Waals surface area contributed by atoms with Crippen LogP contribution in [-0.4, -0.2) is 41.4 Å². The lowest BCUT2D eigenvalue weighted by molar-refractivity contribution is 0.150. The fraction of sp³-hybridized carbons (Fsp3) is 0.727. The third kappa shape index (κ3) is 2.96. The summed E-state index contributed by atoms with van der Waals surface area (Å²) in [7, 11) is 4.08. The average Bonchev–Trinajstić information content (AvgIpc) is 2.62. The summed E-state index contributed by atoms with van der Waals surface area (Å²) in [4.78, 5) is 2.38. The number of hydrogen-bond acceptors (Lipinski definition) is 3. The molecule has 15 heavy (non-hydrogen) atoms. The number of nitrogens with zero attached hydrogens (tertiary/aromatic N) is 3. The first kappa shape index (κ1) is 10.5. The Morgan fingerprint density at radius 2 is 2.40 bits per heavy atom. The van der Waals surface area contributed by atoms with Gasteiger partial charge in [-0.1, -0.05) is 0 Å². The van der Waals surface area contributed by atoms with Crippen molar-refractivity contribution < 1.29 is 4.74 Å². The van der Waals surface area contributed by atoms with Gasteiger partial charge in [0.15, 0.2) is 5.75 Å². The molecule has 1 atom stereocenters. The van der Waals surface area contributed by atoms with Crippen LogP contribution in [0.4, 0.5) is 0 Å². The van der Waals surface area contributed by atoms with E-state index in [-0.39, 0.29) is 0 Å². The van der Waals surface area contributed by atoms with Gasteiger partial charge in [-0.2, -0.15) is 5.10 Å². The molecule has 1 saturated heterocycles. The molecule has 2 rings (SSSR count). The van der Waals surface area contributed by atoms with Gasteiger partial charge in [-0.25, -0.2) is 0 Å². The van der Waals surface area contributed by atoms with Gasteiger partial charge in [-0.3, -0.25) is 4.68 Å². The number of rotatable bonds is 3. The number of likely N-dealkylation sites (tertiary alicyclic amines) is 1. The van der Waals surface area contributed by atoms with Gasteiger partial charge in [0, 0.05) is 19.5 Å². The van der Waals surface area contributed by atoms with E-state index >= 15 is 0 Å². The van der Waals surface area contributed by atoms with Crippen molar-refractivity contribution >= 4 is 0 Å². The van der Waals surface area contributed by atoms with Crippen LogP contribution < -0.4 is 4.74 Å². The summed E-state index contributed by atoms with van der Waals surface area (Å²) in [6, 6.07) is 0. The molecule has 0 aliphatic carbocycles. The van der Waals surface area contributed by atoms with Crippen molar-refractivity contribution in [3.63, 3.8) is 0 Å². The van der Waals surface area contributed by atoms with Crippen LogP contribution in [-0.2, 0) is 7.05 Å². The molecule has 2 heterocycles. The van der Waals surface area contributed by atoms with Crippen molar-refractivity contribution in [2.24, 2.45) is 13.0 Å². The molecule has 0 radical (unpaired) electrons. The quantitative estimate of drug-likeness (QED) is 0.748. The van der Waals surface area contributed by atoms with Gasteiger partial charge in [0.25, 0.3) is 0 Å². The highest BCUT2D eigenvalue weighted by Gasteiger charge is 2.17. The molecule has 1 aliphatic rings. The molecular weight excluding hydrogens is 190 g/mol. The van der Waals surface area contributed by atoms with Crippen molar-refractivity contribution in [3.05, 3.63) is 12.4 Å². The summed E-state index contributed by atoms with van der Waals surface area (Å²) in [6.07, 6.45) is 6.25. The number of hydrogen-bond donors (Lipinski definition) is 0. The number of aryl methyl sites for hydroxylation is 1. The highest BCUT2D eigenvalue weighted by Crippen LogP contribution is 2.17. The Kier molecular flexibility index (Phi) is 3.26. The molecule has 0 N–H and O–H groups in total. The molecule has 1 aliphatic heterocycles. The Labute approximate surface area is 90.8 Å². The van der Waals surface area contributed by atoms with Crippen LogP contribution in [0.2, 0.25) is 0 Å². The SMILES string of the molecule is CN1CCCC(COc2cnn(C)c2)C1. The highest BCUT2D eigenvalue weighted by atomic mass is 16.5. The average molecular weight is 209 g/mol. The summed E-state index contributed by atoms with van der Waals surface area (Å²) in [5.41, 5.74) is 0. The standard InChI is InChI=1S/C11H19N3O/c1-13-5-3-4-10(7-13)9-15-11-6-12-14(2)8-11/h6,8,10H,3-5,7,9H2,1-2H3. The summed E-state index contributed by atoms with van der Waals surface area (Å²) in [5, 5.41) is 4.08. The minimum Gasteiger partial charge on any atom is -0.490 e. The smallest absolute Gasteiger partial charge is 0.157 e. The van der Waals surface area contributed by atoms with E-state index in [1.54, 1.807) is 10.9 Å². The Morgan fingerprint density at radius 1 is 1.53 bits per heavy atom. The van der Waals surface area contributed by atoms with Crippen LogP contribution in [0.25, 0.3) is 0 Å². The van der Waals surface area contributed by atoms with E-state index in [2.05, 4.69) is 17.0 Å². The van der Waals surface area contributed by atoms with Crippen LogP contribution in [0, 0.1) is 5.92 Å². The third-order valence-corrected chi connectivity index (χ3v) is 2.89. The second kappa shape index (κ2) is 4.66. The van der Waals surface area contributed by atoms with Crippen molar-refractivity contribution in [1.82, 2.24) is 14.7 Å².